The lowest BCUT2D eigenvalue weighted by molar-refractivity contribution is -0.128. The van der Waals surface area contributed by atoms with Crippen molar-refractivity contribution in [2.24, 2.45) is 0 Å². The number of nitrogens with one attached hydrogen (secondary N) is 1. The summed E-state index contributed by atoms with van der Waals surface area (Å²) in [5.74, 6) is 0.0360. The normalized spacial score (nSPS) is 20.6. The molecule has 1 heterocycles. The van der Waals surface area contributed by atoms with Crippen LogP contribution in [0.15, 0.2) is 17.5 Å². The molecule has 0 aromatic carbocycles. The largest absolute Gasteiger partial charge is 0.386 e. The van der Waals surface area contributed by atoms with E-state index in [1.165, 1.54) is 0 Å². The van der Waals surface area contributed by atoms with Crippen molar-refractivity contribution in [2.45, 2.75) is 43.6 Å². The summed E-state index contributed by atoms with van der Waals surface area (Å²) in [4.78, 5) is 13.8. The minimum atomic E-state index is -1.03. The van der Waals surface area contributed by atoms with Crippen molar-refractivity contribution in [1.82, 2.24) is 5.32 Å². The maximum absolute atomic E-state index is 12.7. The summed E-state index contributed by atoms with van der Waals surface area (Å²) in [5, 5.41) is 15.0. The number of carbonyl (C=O) groups is 1. The molecule has 0 radical (unpaired) electrons. The fraction of sp³-hybridized carbons (Fsp3) is 0.667. The summed E-state index contributed by atoms with van der Waals surface area (Å²) < 4.78 is 4.96. The quantitative estimate of drug-likeness (QED) is 0.845. The van der Waals surface area contributed by atoms with E-state index in [1.54, 1.807) is 25.4 Å². The Bertz CT molecular complexity index is 436. The molecule has 1 aliphatic rings. The standard InChI is InChI=1S/C15H23NO3S/c1-14(18,11-19-2)10-16-13(17)15(7-3-4-8-15)12-6-5-9-20-12/h5-6,9,18H,3-4,7-8,10-11H2,1-2H3,(H,16,17). The van der Waals surface area contributed by atoms with Crippen LogP contribution in [-0.4, -0.2) is 36.9 Å². The zero-order valence-corrected chi connectivity index (χ0v) is 13.0. The number of aliphatic hydroxyl groups is 1. The number of hydrogen-bond acceptors (Lipinski definition) is 4. The lowest BCUT2D eigenvalue weighted by Crippen LogP contribution is -2.49. The molecule has 1 unspecified atom stereocenters. The van der Waals surface area contributed by atoms with Crippen LogP contribution in [0.2, 0.25) is 0 Å². The maximum atomic E-state index is 12.7. The second-order valence-corrected chi connectivity index (χ2v) is 6.83. The number of carbonyl (C=O) groups excluding carboxylic acids is 1. The van der Waals surface area contributed by atoms with Gasteiger partial charge in [0.15, 0.2) is 0 Å². The average molecular weight is 297 g/mol. The molecule has 1 aromatic heterocycles. The van der Waals surface area contributed by atoms with Crippen molar-refractivity contribution < 1.29 is 14.6 Å². The van der Waals surface area contributed by atoms with Crippen molar-refractivity contribution >= 4 is 17.2 Å². The first-order valence-corrected chi connectivity index (χ1v) is 7.92. The summed E-state index contributed by atoms with van der Waals surface area (Å²) in [6.45, 7) is 2.09. The van der Waals surface area contributed by atoms with Crippen LogP contribution in [-0.2, 0) is 14.9 Å². The second-order valence-electron chi connectivity index (χ2n) is 5.88. The predicted octanol–water partition coefficient (Wildman–Crippen LogP) is 2.07. The molecule has 0 bridgehead atoms. The fourth-order valence-corrected chi connectivity index (χ4v) is 3.90. The Hall–Kier alpha value is -0.910. The third kappa shape index (κ3) is 3.22. The SMILES string of the molecule is COCC(C)(O)CNC(=O)C1(c2cccs2)CCCC1. The first-order chi connectivity index (χ1) is 9.50. The molecule has 1 saturated carbocycles. The summed E-state index contributed by atoms with van der Waals surface area (Å²) in [6, 6.07) is 4.04. The van der Waals surface area contributed by atoms with E-state index in [9.17, 15) is 9.90 Å². The van der Waals surface area contributed by atoms with Crippen LogP contribution in [0, 0.1) is 0 Å². The Morgan fingerprint density at radius 3 is 2.80 bits per heavy atom. The van der Waals surface area contributed by atoms with E-state index in [1.807, 2.05) is 17.5 Å². The first kappa shape index (κ1) is 15.5. The maximum Gasteiger partial charge on any atom is 0.231 e. The van der Waals surface area contributed by atoms with E-state index in [-0.39, 0.29) is 19.1 Å². The van der Waals surface area contributed by atoms with Gasteiger partial charge >= 0.3 is 0 Å². The molecule has 1 aliphatic carbocycles. The van der Waals surface area contributed by atoms with E-state index in [0.29, 0.717) is 0 Å². The lowest BCUT2D eigenvalue weighted by Gasteiger charge is -2.29. The zero-order chi connectivity index (χ0) is 14.6. The van der Waals surface area contributed by atoms with Crippen molar-refractivity contribution in [1.29, 1.82) is 0 Å². The van der Waals surface area contributed by atoms with Gasteiger partial charge in [0, 0.05) is 18.5 Å². The van der Waals surface area contributed by atoms with E-state index >= 15 is 0 Å². The number of thiophene rings is 1. The molecule has 0 spiro atoms. The molecular weight excluding hydrogens is 274 g/mol. The Kier molecular flexibility index (Phi) is 4.83. The Morgan fingerprint density at radius 2 is 2.25 bits per heavy atom. The molecule has 1 atom stereocenters. The van der Waals surface area contributed by atoms with Crippen molar-refractivity contribution in [3.05, 3.63) is 22.4 Å². The van der Waals surface area contributed by atoms with Crippen LogP contribution in [0.3, 0.4) is 0 Å². The van der Waals surface area contributed by atoms with Gasteiger partial charge in [0.25, 0.3) is 0 Å². The van der Waals surface area contributed by atoms with E-state index in [2.05, 4.69) is 5.32 Å². The van der Waals surface area contributed by atoms with Crippen LogP contribution < -0.4 is 5.32 Å². The highest BCUT2D eigenvalue weighted by atomic mass is 32.1. The van der Waals surface area contributed by atoms with Gasteiger partial charge in [-0.05, 0) is 31.2 Å². The molecular formula is C15H23NO3S. The molecule has 0 saturated heterocycles. The number of amides is 1. The van der Waals surface area contributed by atoms with Gasteiger partial charge in [-0.2, -0.15) is 0 Å². The molecule has 1 fully saturated rings. The minimum absolute atomic E-state index is 0.0360. The molecule has 4 nitrogen and oxygen atoms in total. The molecule has 2 N–H and O–H groups in total. The topological polar surface area (TPSA) is 58.6 Å². The van der Waals surface area contributed by atoms with Crippen LogP contribution in [0.1, 0.15) is 37.5 Å². The monoisotopic (exact) mass is 297 g/mol. The fourth-order valence-electron chi connectivity index (χ4n) is 2.92. The van der Waals surface area contributed by atoms with Crippen molar-refractivity contribution in [2.75, 3.05) is 20.3 Å². The smallest absolute Gasteiger partial charge is 0.231 e. The first-order valence-electron chi connectivity index (χ1n) is 7.04. The molecule has 1 aromatic rings. The highest BCUT2D eigenvalue weighted by molar-refractivity contribution is 7.10. The predicted molar refractivity (Wildman–Crippen MR) is 80.0 cm³/mol. The van der Waals surface area contributed by atoms with Crippen molar-refractivity contribution in [3.8, 4) is 0 Å². The summed E-state index contributed by atoms with van der Waals surface area (Å²) in [5.41, 5.74) is -1.42. The number of methoxy groups -OCH3 is 1. The summed E-state index contributed by atoms with van der Waals surface area (Å²) in [6.07, 6.45) is 3.96. The number of rotatable bonds is 6. The highest BCUT2D eigenvalue weighted by Gasteiger charge is 2.43. The van der Waals surface area contributed by atoms with Crippen LogP contribution >= 0.6 is 11.3 Å². The second kappa shape index (κ2) is 6.24. The van der Waals surface area contributed by atoms with E-state index < -0.39 is 11.0 Å². The van der Waals surface area contributed by atoms with Crippen LogP contribution in [0.25, 0.3) is 0 Å². The van der Waals surface area contributed by atoms with Gasteiger partial charge in [-0.25, -0.2) is 0 Å². The molecule has 112 valence electrons. The van der Waals surface area contributed by atoms with Gasteiger partial charge in [0.2, 0.25) is 5.91 Å². The molecule has 0 aliphatic heterocycles. The number of ether oxygens (including phenoxy) is 1. The summed E-state index contributed by atoms with van der Waals surface area (Å²) in [7, 11) is 1.54. The highest BCUT2D eigenvalue weighted by Crippen LogP contribution is 2.43. The van der Waals surface area contributed by atoms with Gasteiger partial charge in [0.05, 0.1) is 12.0 Å². The van der Waals surface area contributed by atoms with Crippen LogP contribution in [0.5, 0.6) is 0 Å². The molecule has 5 heteroatoms. The number of hydrogen-bond donors (Lipinski definition) is 2. The third-order valence-electron chi connectivity index (χ3n) is 3.97. The molecule has 20 heavy (non-hydrogen) atoms. The van der Waals surface area contributed by atoms with E-state index in [0.717, 1.165) is 30.6 Å². The Labute approximate surface area is 124 Å². The van der Waals surface area contributed by atoms with Crippen LogP contribution in [0.4, 0.5) is 0 Å². The lowest BCUT2D eigenvalue weighted by atomic mass is 9.83. The average Bonchev–Trinajstić information content (AvgIpc) is 3.06. The van der Waals surface area contributed by atoms with Gasteiger partial charge in [0.1, 0.15) is 5.60 Å². The molecule has 2 rings (SSSR count). The minimum Gasteiger partial charge on any atom is -0.386 e. The van der Waals surface area contributed by atoms with Gasteiger partial charge in [-0.3, -0.25) is 4.79 Å². The van der Waals surface area contributed by atoms with Gasteiger partial charge in [-0.15, -0.1) is 11.3 Å². The Balaban J connectivity index is 2.06. The summed E-state index contributed by atoms with van der Waals surface area (Å²) >= 11 is 1.64. The van der Waals surface area contributed by atoms with Gasteiger partial charge in [-0.1, -0.05) is 18.9 Å². The van der Waals surface area contributed by atoms with E-state index in [4.69, 9.17) is 4.74 Å². The van der Waals surface area contributed by atoms with Crippen molar-refractivity contribution in [3.63, 3.8) is 0 Å². The Morgan fingerprint density at radius 1 is 1.55 bits per heavy atom. The molecule has 1 amide bonds. The van der Waals surface area contributed by atoms with Gasteiger partial charge < -0.3 is 15.2 Å². The zero-order valence-electron chi connectivity index (χ0n) is 12.1. The third-order valence-corrected chi connectivity index (χ3v) is 5.04.